The number of amides is 2. The van der Waals surface area contributed by atoms with Crippen LogP contribution < -0.4 is 5.32 Å². The summed E-state index contributed by atoms with van der Waals surface area (Å²) in [5.74, 6) is -2.88. The van der Waals surface area contributed by atoms with Crippen LogP contribution in [0.1, 0.15) is 50.4 Å². The molecular formula is C26H32N2O8S. The Bertz CT molecular complexity index is 1060. The molecule has 2 heterocycles. The van der Waals surface area contributed by atoms with Crippen LogP contribution in [0.5, 0.6) is 0 Å². The molecule has 4 unspecified atom stereocenters. The summed E-state index contributed by atoms with van der Waals surface area (Å²) in [6.07, 6.45) is 0.498. The molecule has 200 valence electrons. The fraction of sp³-hybridized carbons (Fsp3) is 0.500. The number of nitrogens with one attached hydrogen (secondary N) is 1. The summed E-state index contributed by atoms with van der Waals surface area (Å²) in [6, 6.07) is 6.34. The number of ether oxygens (including phenoxy) is 2. The number of carbonyl (C=O) groups is 5. The molecule has 0 radical (unpaired) electrons. The van der Waals surface area contributed by atoms with Crippen molar-refractivity contribution in [2.24, 2.45) is 5.92 Å². The summed E-state index contributed by atoms with van der Waals surface area (Å²) in [5.41, 5.74) is 0.702. The van der Waals surface area contributed by atoms with Crippen molar-refractivity contribution in [2.45, 2.75) is 63.6 Å². The lowest BCUT2D eigenvalue weighted by Gasteiger charge is -2.51. The van der Waals surface area contributed by atoms with Gasteiger partial charge in [-0.05, 0) is 17.7 Å². The van der Waals surface area contributed by atoms with E-state index in [9.17, 15) is 29.1 Å². The van der Waals surface area contributed by atoms with Gasteiger partial charge in [-0.15, -0.1) is 11.8 Å². The van der Waals surface area contributed by atoms with E-state index in [0.717, 1.165) is 0 Å². The third-order valence-electron chi connectivity index (χ3n) is 6.41. The van der Waals surface area contributed by atoms with Crippen molar-refractivity contribution in [3.8, 4) is 0 Å². The van der Waals surface area contributed by atoms with E-state index in [1.165, 1.54) is 23.6 Å². The van der Waals surface area contributed by atoms with Crippen molar-refractivity contribution < 1.29 is 38.6 Å². The molecule has 0 aliphatic carbocycles. The molecule has 2 N–H and O–H groups in total. The SMILES string of the molecule is CCC(O)C(CC)CC(=O)OCC1=CS[C@@H]2C(NC(C)=O)C(=O)N2C1C(=O)OCC(=O)c1ccccc1. The summed E-state index contributed by atoms with van der Waals surface area (Å²) in [6.45, 7) is 4.22. The van der Waals surface area contributed by atoms with Gasteiger partial charge in [0.2, 0.25) is 11.8 Å². The first-order valence-corrected chi connectivity index (χ1v) is 13.1. The standard InChI is InChI=1S/C26H32N2O8S/c1-4-16(19(30)5-2)11-21(32)35-12-18-14-37-25-22(27-15(3)29)24(33)28(25)23(18)26(34)36-13-20(31)17-9-7-6-8-10-17/h6-10,14,16,19,22-23,25,30H,4-5,11-13H2,1-3H3,(H,27,29)/t16?,19?,22?,23?,25-/m1/s1. The van der Waals surface area contributed by atoms with Crippen LogP contribution in [0.25, 0.3) is 0 Å². The normalized spacial score (nSPS) is 22.1. The number of carbonyl (C=O) groups excluding carboxylic acids is 5. The molecule has 2 amide bonds. The Balaban J connectivity index is 1.71. The summed E-state index contributed by atoms with van der Waals surface area (Å²) >= 11 is 1.22. The largest absolute Gasteiger partial charge is 0.461 e. The predicted octanol–water partition coefficient (Wildman–Crippen LogP) is 1.82. The van der Waals surface area contributed by atoms with Gasteiger partial charge >= 0.3 is 11.9 Å². The molecule has 0 spiro atoms. The lowest BCUT2D eigenvalue weighted by Crippen LogP contribution is -2.74. The highest BCUT2D eigenvalue weighted by atomic mass is 32.2. The molecule has 1 saturated heterocycles. The predicted molar refractivity (Wildman–Crippen MR) is 135 cm³/mol. The van der Waals surface area contributed by atoms with Gasteiger partial charge in [0.1, 0.15) is 18.0 Å². The van der Waals surface area contributed by atoms with Crippen molar-refractivity contribution in [2.75, 3.05) is 13.2 Å². The Morgan fingerprint density at radius 1 is 1.11 bits per heavy atom. The number of Topliss-reactive ketones (excluding diaryl/α,β-unsaturated/α-hetero) is 1. The number of nitrogens with zero attached hydrogens (tertiary/aromatic N) is 1. The Hall–Kier alpha value is -3.18. The van der Waals surface area contributed by atoms with Crippen LogP contribution in [0, 0.1) is 5.92 Å². The van der Waals surface area contributed by atoms with E-state index < -0.39 is 53.8 Å². The number of esters is 2. The highest BCUT2D eigenvalue weighted by Crippen LogP contribution is 2.40. The van der Waals surface area contributed by atoms with E-state index in [2.05, 4.69) is 5.32 Å². The van der Waals surface area contributed by atoms with Crippen LogP contribution in [0.4, 0.5) is 0 Å². The number of aliphatic hydroxyl groups is 1. The van der Waals surface area contributed by atoms with Gasteiger partial charge in [0.15, 0.2) is 18.4 Å². The maximum absolute atomic E-state index is 13.1. The molecule has 10 nitrogen and oxygen atoms in total. The minimum atomic E-state index is -1.21. The topological polar surface area (TPSA) is 139 Å². The quantitative estimate of drug-likeness (QED) is 0.234. The number of ketones is 1. The van der Waals surface area contributed by atoms with Gasteiger partial charge in [-0.3, -0.25) is 19.2 Å². The molecule has 1 fully saturated rings. The van der Waals surface area contributed by atoms with Crippen LogP contribution in [0.2, 0.25) is 0 Å². The lowest BCUT2D eigenvalue weighted by atomic mass is 9.94. The maximum Gasteiger partial charge on any atom is 0.333 e. The fourth-order valence-electron chi connectivity index (χ4n) is 4.28. The Kier molecular flexibility index (Phi) is 9.87. The summed E-state index contributed by atoms with van der Waals surface area (Å²) < 4.78 is 10.7. The Morgan fingerprint density at radius 3 is 2.43 bits per heavy atom. The zero-order valence-corrected chi connectivity index (χ0v) is 21.9. The first kappa shape index (κ1) is 28.4. The van der Waals surface area contributed by atoms with Crippen LogP contribution in [0.3, 0.4) is 0 Å². The van der Waals surface area contributed by atoms with Gasteiger partial charge in [0.25, 0.3) is 0 Å². The van der Waals surface area contributed by atoms with E-state index >= 15 is 0 Å². The highest BCUT2D eigenvalue weighted by Gasteiger charge is 2.56. The van der Waals surface area contributed by atoms with E-state index in [1.54, 1.807) is 35.7 Å². The molecule has 37 heavy (non-hydrogen) atoms. The van der Waals surface area contributed by atoms with E-state index in [4.69, 9.17) is 9.47 Å². The molecule has 1 aromatic rings. The van der Waals surface area contributed by atoms with Gasteiger partial charge in [-0.1, -0.05) is 50.6 Å². The average Bonchev–Trinajstić information content (AvgIpc) is 2.91. The zero-order chi connectivity index (χ0) is 27.1. The fourth-order valence-corrected chi connectivity index (χ4v) is 5.49. The van der Waals surface area contributed by atoms with Crippen molar-refractivity contribution in [3.05, 3.63) is 46.9 Å². The molecular weight excluding hydrogens is 500 g/mol. The number of aliphatic hydroxyl groups excluding tert-OH is 1. The smallest absolute Gasteiger partial charge is 0.333 e. The first-order valence-electron chi connectivity index (χ1n) is 12.2. The molecule has 2 aliphatic rings. The summed E-state index contributed by atoms with van der Waals surface area (Å²) in [5, 5.41) is 13.7. The number of hydrogen-bond acceptors (Lipinski definition) is 9. The lowest BCUT2D eigenvalue weighted by molar-refractivity contribution is -0.163. The third-order valence-corrected chi connectivity index (χ3v) is 7.62. The van der Waals surface area contributed by atoms with Gasteiger partial charge in [-0.25, -0.2) is 4.79 Å². The maximum atomic E-state index is 13.1. The Labute approximate surface area is 219 Å². The van der Waals surface area contributed by atoms with Crippen molar-refractivity contribution in [1.82, 2.24) is 10.2 Å². The van der Waals surface area contributed by atoms with Crippen LogP contribution in [0.15, 0.2) is 41.3 Å². The molecule has 5 atom stereocenters. The third kappa shape index (κ3) is 6.78. The highest BCUT2D eigenvalue weighted by molar-refractivity contribution is 8.02. The second kappa shape index (κ2) is 12.9. The number of β-lactam (4-membered cyclic amide) rings is 1. The number of rotatable bonds is 12. The molecule has 0 saturated carbocycles. The van der Waals surface area contributed by atoms with Crippen LogP contribution >= 0.6 is 11.8 Å². The van der Waals surface area contributed by atoms with E-state index in [-0.39, 0.29) is 24.9 Å². The monoisotopic (exact) mass is 532 g/mol. The second-order valence-corrected chi connectivity index (χ2v) is 9.94. The van der Waals surface area contributed by atoms with Gasteiger partial charge in [-0.2, -0.15) is 0 Å². The summed E-state index contributed by atoms with van der Waals surface area (Å²) in [4.78, 5) is 63.6. The molecule has 0 bridgehead atoms. The van der Waals surface area contributed by atoms with Crippen LogP contribution in [-0.4, -0.2) is 76.3 Å². The number of fused-ring (bicyclic) bond motifs is 1. The van der Waals surface area contributed by atoms with Gasteiger partial charge < -0.3 is 24.8 Å². The van der Waals surface area contributed by atoms with Crippen LogP contribution in [-0.2, 0) is 28.7 Å². The van der Waals surface area contributed by atoms with E-state index in [0.29, 0.717) is 24.0 Å². The van der Waals surface area contributed by atoms with Crippen molar-refractivity contribution >= 4 is 41.3 Å². The average molecular weight is 533 g/mol. The minimum absolute atomic E-state index is 0.0164. The summed E-state index contributed by atoms with van der Waals surface area (Å²) in [7, 11) is 0. The van der Waals surface area contributed by atoms with Gasteiger partial charge in [0.05, 0.1) is 12.5 Å². The number of benzene rings is 1. The first-order chi connectivity index (χ1) is 17.7. The minimum Gasteiger partial charge on any atom is -0.461 e. The molecule has 2 aliphatic heterocycles. The zero-order valence-electron chi connectivity index (χ0n) is 21.0. The van der Waals surface area contributed by atoms with Crippen molar-refractivity contribution in [3.63, 3.8) is 0 Å². The van der Waals surface area contributed by atoms with Gasteiger partial charge in [0, 0.05) is 18.1 Å². The number of thioether (sulfide) groups is 1. The molecule has 0 aromatic heterocycles. The molecule has 11 heteroatoms. The van der Waals surface area contributed by atoms with E-state index in [1.807, 2.05) is 13.8 Å². The Morgan fingerprint density at radius 2 is 1.81 bits per heavy atom. The number of hydrogen-bond donors (Lipinski definition) is 2. The van der Waals surface area contributed by atoms with Crippen molar-refractivity contribution in [1.29, 1.82) is 0 Å². The molecule has 1 aromatic carbocycles. The second-order valence-electron chi connectivity index (χ2n) is 8.95. The molecule has 3 rings (SSSR count).